The van der Waals surface area contributed by atoms with E-state index in [2.05, 4.69) is 4.90 Å². The van der Waals surface area contributed by atoms with Gasteiger partial charge in [0, 0.05) is 16.6 Å². The first-order chi connectivity index (χ1) is 21.3. The van der Waals surface area contributed by atoms with E-state index < -0.39 is 78.0 Å². The van der Waals surface area contributed by atoms with Gasteiger partial charge in [-0.15, -0.1) is 11.3 Å². The van der Waals surface area contributed by atoms with E-state index in [9.17, 15) is 5.11 Å². The number of nitrogens with zero attached hydrogens (tertiary/aromatic N) is 1. The van der Waals surface area contributed by atoms with Crippen LogP contribution in [0, 0.1) is 0 Å². The molecule has 1 saturated heterocycles. The molecule has 1 aromatic heterocycles. The van der Waals surface area contributed by atoms with E-state index in [0.717, 1.165) is 32.4 Å². The predicted octanol–water partition coefficient (Wildman–Crippen LogP) is 6.94. The number of aromatic hydroxyl groups is 1. The number of methoxy groups -OCH3 is 1. The highest BCUT2D eigenvalue weighted by atomic mass is 32.1. The monoisotopic (exact) mass is 486 g/mol. The van der Waals surface area contributed by atoms with Gasteiger partial charge in [0.05, 0.1) is 27.1 Å². The van der Waals surface area contributed by atoms with Crippen molar-refractivity contribution in [2.75, 3.05) is 33.4 Å². The van der Waals surface area contributed by atoms with Crippen molar-refractivity contribution in [1.82, 2.24) is 4.90 Å². The smallest absolute Gasteiger partial charge is 0.153 e. The van der Waals surface area contributed by atoms with Crippen molar-refractivity contribution < 1.29 is 34.4 Å². The van der Waals surface area contributed by atoms with Gasteiger partial charge in [-0.1, -0.05) is 6.42 Å². The van der Waals surface area contributed by atoms with Crippen molar-refractivity contribution in [1.29, 1.82) is 0 Å². The number of rotatable bonds is 8. The molecule has 0 radical (unpaired) electrons. The summed E-state index contributed by atoms with van der Waals surface area (Å²) in [6.45, 7) is 2.51. The molecule has 176 valence electrons. The molecular formula is C28H29NO4S. The fourth-order valence-electron chi connectivity index (χ4n) is 3.63. The zero-order chi connectivity index (χ0) is 32.9. The number of likely N-dealkylation sites (tertiary alicyclic amines) is 1. The van der Waals surface area contributed by atoms with Crippen LogP contribution in [-0.4, -0.2) is 43.4 Å². The van der Waals surface area contributed by atoms with Gasteiger partial charge in [-0.3, -0.25) is 4.90 Å². The summed E-state index contributed by atoms with van der Waals surface area (Å²) < 4.78 is 110. The van der Waals surface area contributed by atoms with E-state index >= 15 is 0 Å². The number of hydrogen-bond acceptors (Lipinski definition) is 6. The molecule has 0 unspecified atom stereocenters. The van der Waals surface area contributed by atoms with Gasteiger partial charge >= 0.3 is 0 Å². The summed E-state index contributed by atoms with van der Waals surface area (Å²) in [5.74, 6) is -2.35. The van der Waals surface area contributed by atoms with Gasteiger partial charge in [0.25, 0.3) is 0 Å². The third kappa shape index (κ3) is 5.13. The second-order valence-corrected chi connectivity index (χ2v) is 8.63. The van der Waals surface area contributed by atoms with Crippen molar-refractivity contribution in [3.05, 3.63) is 66.5 Å². The molecule has 3 aromatic carbocycles. The fraction of sp³-hybridized carbons (Fsp3) is 0.286. The highest BCUT2D eigenvalue weighted by Gasteiger charge is 2.17. The van der Waals surface area contributed by atoms with E-state index in [1.54, 1.807) is 0 Å². The average Bonchev–Trinajstić information content (AvgIpc) is 3.40. The lowest BCUT2D eigenvalue weighted by molar-refractivity contribution is 0.183. The number of thiophene rings is 1. The van der Waals surface area contributed by atoms with Gasteiger partial charge in [0.15, 0.2) is 5.75 Å². The second kappa shape index (κ2) is 10.4. The Morgan fingerprint density at radius 2 is 1.62 bits per heavy atom. The Morgan fingerprint density at radius 3 is 2.35 bits per heavy atom. The van der Waals surface area contributed by atoms with Gasteiger partial charge in [0.2, 0.25) is 0 Å². The average molecular weight is 487 g/mol. The Bertz CT molecular complexity index is 1770. The number of phenols is 1. The van der Waals surface area contributed by atoms with Gasteiger partial charge in [0.1, 0.15) is 29.6 Å². The molecular weight excluding hydrogens is 446 g/mol. The van der Waals surface area contributed by atoms with Crippen molar-refractivity contribution >= 4 is 21.4 Å². The first kappa shape index (κ1) is 13.0. The van der Waals surface area contributed by atoms with Gasteiger partial charge in [-0.25, -0.2) is 0 Å². The lowest BCUT2D eigenvalue weighted by Crippen LogP contribution is -2.33. The number of fused-ring (bicyclic) bond motifs is 1. The Balaban J connectivity index is 1.68. The Morgan fingerprint density at radius 1 is 0.912 bits per heavy atom. The molecule has 1 fully saturated rings. The molecule has 1 aliphatic rings. The third-order valence-electron chi connectivity index (χ3n) is 5.32. The lowest BCUT2D eigenvalue weighted by atomic mass is 10.1. The Hall–Kier alpha value is -3.22. The summed E-state index contributed by atoms with van der Waals surface area (Å²) in [5, 5.41) is 10.1. The summed E-state index contributed by atoms with van der Waals surface area (Å²) >= 11 is 0.698. The maximum atomic E-state index is 10.4. The van der Waals surface area contributed by atoms with Crippen LogP contribution in [0.2, 0.25) is 0 Å². The van der Waals surface area contributed by atoms with E-state index in [0.29, 0.717) is 17.9 Å². The number of piperidine rings is 1. The molecule has 0 bridgehead atoms. The molecule has 5 nitrogen and oxygen atoms in total. The van der Waals surface area contributed by atoms with Gasteiger partial charge in [-0.2, -0.15) is 0 Å². The molecule has 0 aliphatic carbocycles. The van der Waals surface area contributed by atoms with E-state index in [4.69, 9.17) is 29.3 Å². The molecule has 34 heavy (non-hydrogen) atoms. The van der Waals surface area contributed by atoms with Crippen molar-refractivity contribution in [2.24, 2.45) is 0 Å². The highest BCUT2D eigenvalue weighted by Crippen LogP contribution is 2.47. The molecule has 2 heterocycles. The Labute approximate surface area is 219 Å². The van der Waals surface area contributed by atoms with Crippen LogP contribution in [0.15, 0.2) is 66.5 Å². The van der Waals surface area contributed by atoms with Crippen LogP contribution in [0.5, 0.6) is 28.7 Å². The van der Waals surface area contributed by atoms with Crippen LogP contribution >= 0.6 is 11.3 Å². The molecule has 6 heteroatoms. The molecule has 0 amide bonds. The highest BCUT2D eigenvalue weighted by molar-refractivity contribution is 7.22. The van der Waals surface area contributed by atoms with Crippen LogP contribution in [0.25, 0.3) is 20.5 Å². The largest absolute Gasteiger partial charge is 0.508 e. The maximum absolute atomic E-state index is 10.4. The van der Waals surface area contributed by atoms with E-state index in [-0.39, 0.29) is 44.4 Å². The zero-order valence-electron chi connectivity index (χ0n) is 29.5. The standard InChI is InChI=1S/C28H29NO4S/c1-31-22-8-5-20(6-9-22)28-27(25-14-7-21(30)19-26(25)34-28)33-24-12-10-23(11-13-24)32-18-17-29-15-3-2-4-16-29/h5-14,19,30H,2-4,15-18H2,1H3/i5D,6D,7D,8D,9D,10D,11D,12D,13D,14D,19D. The fourth-order valence-corrected chi connectivity index (χ4v) is 4.67. The molecule has 0 saturated carbocycles. The molecule has 1 aliphatic heterocycles. The lowest BCUT2D eigenvalue weighted by Gasteiger charge is -2.26. The molecule has 4 aromatic rings. The van der Waals surface area contributed by atoms with Crippen LogP contribution in [0.3, 0.4) is 0 Å². The summed E-state index contributed by atoms with van der Waals surface area (Å²) in [6, 6.07) is -6.27. The van der Waals surface area contributed by atoms with Crippen LogP contribution in [-0.2, 0) is 0 Å². The third-order valence-corrected chi connectivity index (χ3v) is 6.43. The second-order valence-electron chi connectivity index (χ2n) is 7.61. The normalized spacial score (nSPS) is 18.8. The summed E-state index contributed by atoms with van der Waals surface area (Å²) in [5.41, 5.74) is -0.306. The van der Waals surface area contributed by atoms with Gasteiger partial charge < -0.3 is 19.3 Å². The number of phenolic OH excluding ortho intramolecular Hbond substituents is 1. The first-order valence-electron chi connectivity index (χ1n) is 16.3. The quantitative estimate of drug-likeness (QED) is 0.292. The minimum absolute atomic E-state index is 0.0842. The van der Waals surface area contributed by atoms with Crippen molar-refractivity contribution in [3.8, 4) is 39.2 Å². The molecule has 1 N–H and O–H groups in total. The van der Waals surface area contributed by atoms with E-state index in [1.165, 1.54) is 7.11 Å². The van der Waals surface area contributed by atoms with Gasteiger partial charge in [-0.05, 0) is 98.0 Å². The van der Waals surface area contributed by atoms with Crippen LogP contribution in [0.4, 0.5) is 0 Å². The van der Waals surface area contributed by atoms with E-state index in [1.807, 2.05) is 0 Å². The number of benzene rings is 3. The predicted molar refractivity (Wildman–Crippen MR) is 138 cm³/mol. The summed E-state index contributed by atoms with van der Waals surface area (Å²) in [4.78, 5) is 2.05. The van der Waals surface area contributed by atoms with Crippen molar-refractivity contribution in [3.63, 3.8) is 0 Å². The zero-order valence-corrected chi connectivity index (χ0v) is 19.3. The maximum Gasteiger partial charge on any atom is 0.153 e. The molecule has 5 rings (SSSR count). The van der Waals surface area contributed by atoms with Crippen LogP contribution < -0.4 is 14.2 Å². The minimum atomic E-state index is -0.795. The SMILES string of the molecule is [2H]c1c([2H])c(Oc2c(-c3c([2H])c([2H])c(OC)c([2H])c3[2H])sc3c([2H])c(O)c([2H])c([2H])c23)c([2H])c([2H])c1OCCN1CCCCC1. The number of ether oxygens (including phenoxy) is 3. The first-order valence-corrected chi connectivity index (χ1v) is 11.7. The van der Waals surface area contributed by atoms with Crippen molar-refractivity contribution in [2.45, 2.75) is 19.3 Å². The molecule has 0 spiro atoms. The molecule has 0 atom stereocenters. The van der Waals surface area contributed by atoms with Crippen LogP contribution in [0.1, 0.15) is 34.3 Å². The topological polar surface area (TPSA) is 51.2 Å². The summed E-state index contributed by atoms with van der Waals surface area (Å²) in [6.07, 6.45) is 3.30. The Kier molecular flexibility index (Phi) is 3.97. The minimum Gasteiger partial charge on any atom is -0.508 e. The number of hydrogen-bond donors (Lipinski definition) is 1. The summed E-state index contributed by atoms with van der Waals surface area (Å²) in [7, 11) is 1.19.